The van der Waals surface area contributed by atoms with Crippen molar-refractivity contribution in [3.8, 4) is 0 Å². The predicted octanol–water partition coefficient (Wildman–Crippen LogP) is 3.23. The van der Waals surface area contributed by atoms with E-state index in [1.807, 2.05) is 6.20 Å². The summed E-state index contributed by atoms with van der Waals surface area (Å²) >= 11 is 0. The molecule has 0 spiro atoms. The third-order valence-electron chi connectivity index (χ3n) is 4.34. The molecule has 2 N–H and O–H groups in total. The highest BCUT2D eigenvalue weighted by molar-refractivity contribution is 5.85. The van der Waals surface area contributed by atoms with Crippen molar-refractivity contribution in [2.75, 3.05) is 13.1 Å². The minimum Gasteiger partial charge on any atom is -0.331 e. The maximum Gasteiger partial charge on any atom is 0.123 e. The Morgan fingerprint density at radius 1 is 1.17 bits per heavy atom. The van der Waals surface area contributed by atoms with Gasteiger partial charge in [-0.2, -0.15) is 0 Å². The number of rotatable bonds is 4. The maximum atomic E-state index is 6.36. The van der Waals surface area contributed by atoms with Crippen LogP contribution in [0.2, 0.25) is 0 Å². The van der Waals surface area contributed by atoms with E-state index in [1.54, 1.807) is 0 Å². The van der Waals surface area contributed by atoms with Crippen LogP contribution >= 0.6 is 24.8 Å². The molecule has 0 saturated carbocycles. The lowest BCUT2D eigenvalue weighted by atomic mass is 9.95. The van der Waals surface area contributed by atoms with Crippen LogP contribution in [0, 0.1) is 0 Å². The summed E-state index contributed by atoms with van der Waals surface area (Å²) in [5.74, 6) is 1.56. The third kappa shape index (κ3) is 4.48. The van der Waals surface area contributed by atoms with E-state index in [1.165, 1.54) is 5.56 Å². The van der Waals surface area contributed by atoms with E-state index in [0.29, 0.717) is 12.0 Å². The molecule has 128 valence electrons. The van der Waals surface area contributed by atoms with Gasteiger partial charge in [0, 0.05) is 43.5 Å². The number of aromatic nitrogens is 2. The van der Waals surface area contributed by atoms with Crippen molar-refractivity contribution in [1.82, 2.24) is 14.5 Å². The molecule has 1 aliphatic rings. The minimum atomic E-state index is 0. The predicted molar refractivity (Wildman–Crippen MR) is 99.5 cm³/mol. The van der Waals surface area contributed by atoms with Crippen molar-refractivity contribution in [2.45, 2.75) is 38.4 Å². The standard InChI is InChI=1S/C17H24N4.2ClH/c1-13(2)21-9-8-19-17(21)12-20-10-15(16(18)11-20)14-6-4-3-5-7-14;;/h3-9,13,15-16H,10-12,18H2,1-2H3;2*1H/t15-,16+;;/m0../s1. The van der Waals surface area contributed by atoms with Gasteiger partial charge in [0.25, 0.3) is 0 Å². The molecule has 1 aromatic carbocycles. The zero-order chi connectivity index (χ0) is 14.8. The number of halogens is 2. The first-order valence-corrected chi connectivity index (χ1v) is 7.69. The van der Waals surface area contributed by atoms with Gasteiger partial charge >= 0.3 is 0 Å². The van der Waals surface area contributed by atoms with Gasteiger partial charge in [0.2, 0.25) is 0 Å². The second-order valence-corrected chi connectivity index (χ2v) is 6.22. The van der Waals surface area contributed by atoms with E-state index < -0.39 is 0 Å². The van der Waals surface area contributed by atoms with Gasteiger partial charge in [0.15, 0.2) is 0 Å². The Labute approximate surface area is 150 Å². The highest BCUT2D eigenvalue weighted by Crippen LogP contribution is 2.27. The van der Waals surface area contributed by atoms with Gasteiger partial charge in [0.05, 0.1) is 6.54 Å². The third-order valence-corrected chi connectivity index (χ3v) is 4.34. The van der Waals surface area contributed by atoms with Gasteiger partial charge < -0.3 is 10.3 Å². The molecule has 0 bridgehead atoms. The largest absolute Gasteiger partial charge is 0.331 e. The van der Waals surface area contributed by atoms with Gasteiger partial charge in [-0.25, -0.2) is 4.98 Å². The molecule has 0 unspecified atom stereocenters. The SMILES string of the molecule is CC(C)n1ccnc1CN1C[C@@H](N)[C@H](c2ccccc2)C1.Cl.Cl. The molecule has 1 saturated heterocycles. The van der Waals surface area contributed by atoms with Crippen molar-refractivity contribution < 1.29 is 0 Å². The highest BCUT2D eigenvalue weighted by atomic mass is 35.5. The lowest BCUT2D eigenvalue weighted by Crippen LogP contribution is -2.29. The summed E-state index contributed by atoms with van der Waals surface area (Å²) in [6.07, 6.45) is 3.95. The van der Waals surface area contributed by atoms with Crippen molar-refractivity contribution >= 4 is 24.8 Å². The second-order valence-electron chi connectivity index (χ2n) is 6.22. The second kappa shape index (κ2) is 8.69. The van der Waals surface area contributed by atoms with Crippen LogP contribution < -0.4 is 5.73 Å². The molecule has 4 nitrogen and oxygen atoms in total. The summed E-state index contributed by atoms with van der Waals surface area (Å²) in [6.45, 7) is 7.20. The average Bonchev–Trinajstić information content (AvgIpc) is 3.07. The van der Waals surface area contributed by atoms with E-state index in [9.17, 15) is 0 Å². The van der Waals surface area contributed by atoms with E-state index in [-0.39, 0.29) is 30.9 Å². The monoisotopic (exact) mass is 356 g/mol. The Bertz CT molecular complexity index is 585. The molecule has 2 heterocycles. The van der Waals surface area contributed by atoms with E-state index in [0.717, 1.165) is 25.5 Å². The minimum absolute atomic E-state index is 0. The lowest BCUT2D eigenvalue weighted by Gasteiger charge is -2.18. The number of nitrogens with two attached hydrogens (primary N) is 1. The number of hydrogen-bond donors (Lipinski definition) is 1. The molecule has 0 amide bonds. The van der Waals surface area contributed by atoms with Crippen LogP contribution in [0.15, 0.2) is 42.7 Å². The molecule has 2 aromatic rings. The van der Waals surface area contributed by atoms with Crippen molar-refractivity contribution in [1.29, 1.82) is 0 Å². The Hall–Kier alpha value is -1.07. The highest BCUT2D eigenvalue weighted by Gasteiger charge is 2.31. The average molecular weight is 357 g/mol. The normalized spacial score (nSPS) is 21.0. The van der Waals surface area contributed by atoms with Gasteiger partial charge in [-0.05, 0) is 19.4 Å². The molecule has 3 rings (SSSR count). The van der Waals surface area contributed by atoms with E-state index in [4.69, 9.17) is 5.73 Å². The lowest BCUT2D eigenvalue weighted by molar-refractivity contribution is 0.306. The molecule has 2 atom stereocenters. The molecular weight excluding hydrogens is 331 g/mol. The number of nitrogens with zero attached hydrogens (tertiary/aromatic N) is 3. The summed E-state index contributed by atoms with van der Waals surface area (Å²) < 4.78 is 2.24. The van der Waals surface area contributed by atoms with Crippen molar-refractivity contribution in [3.05, 3.63) is 54.1 Å². The zero-order valence-electron chi connectivity index (χ0n) is 13.6. The molecule has 0 aliphatic carbocycles. The van der Waals surface area contributed by atoms with Crippen LogP contribution in [0.1, 0.15) is 37.2 Å². The Balaban J connectivity index is 0.00000132. The quantitative estimate of drug-likeness (QED) is 0.914. The number of benzene rings is 1. The molecule has 1 aromatic heterocycles. The topological polar surface area (TPSA) is 47.1 Å². The van der Waals surface area contributed by atoms with Crippen LogP contribution in [0.5, 0.6) is 0 Å². The summed E-state index contributed by atoms with van der Waals surface area (Å²) in [7, 11) is 0. The van der Waals surface area contributed by atoms with E-state index >= 15 is 0 Å². The summed E-state index contributed by atoms with van der Waals surface area (Å²) in [4.78, 5) is 6.92. The first kappa shape index (κ1) is 20.0. The summed E-state index contributed by atoms with van der Waals surface area (Å²) in [6, 6.07) is 11.3. The van der Waals surface area contributed by atoms with Gasteiger partial charge in [-0.3, -0.25) is 4.90 Å². The first-order valence-electron chi connectivity index (χ1n) is 7.69. The fourth-order valence-corrected chi connectivity index (χ4v) is 3.23. The van der Waals surface area contributed by atoms with Crippen molar-refractivity contribution in [2.24, 2.45) is 5.73 Å². The molecule has 0 radical (unpaired) electrons. The molecule has 1 fully saturated rings. The first-order chi connectivity index (χ1) is 10.1. The molecular formula is C17H26Cl2N4. The van der Waals surface area contributed by atoms with Crippen LogP contribution in [0.25, 0.3) is 0 Å². The molecule has 1 aliphatic heterocycles. The van der Waals surface area contributed by atoms with Gasteiger partial charge in [0.1, 0.15) is 5.82 Å². The van der Waals surface area contributed by atoms with Gasteiger partial charge in [-0.1, -0.05) is 30.3 Å². The number of hydrogen-bond acceptors (Lipinski definition) is 3. The van der Waals surface area contributed by atoms with Crippen molar-refractivity contribution in [3.63, 3.8) is 0 Å². The Morgan fingerprint density at radius 3 is 2.52 bits per heavy atom. The maximum absolute atomic E-state index is 6.36. The smallest absolute Gasteiger partial charge is 0.123 e. The number of imidazole rings is 1. The van der Waals surface area contributed by atoms with Crippen LogP contribution in [0.4, 0.5) is 0 Å². The zero-order valence-corrected chi connectivity index (χ0v) is 15.3. The van der Waals surface area contributed by atoms with Crippen LogP contribution in [-0.2, 0) is 6.54 Å². The summed E-state index contributed by atoms with van der Waals surface area (Å²) in [5, 5.41) is 0. The molecule has 23 heavy (non-hydrogen) atoms. The molecule has 6 heteroatoms. The Morgan fingerprint density at radius 2 is 1.87 bits per heavy atom. The van der Waals surface area contributed by atoms with E-state index in [2.05, 4.69) is 64.8 Å². The number of likely N-dealkylation sites (tertiary alicyclic amines) is 1. The Kier molecular flexibility index (Phi) is 7.55. The van der Waals surface area contributed by atoms with Crippen LogP contribution in [-0.4, -0.2) is 33.6 Å². The fraction of sp³-hybridized carbons (Fsp3) is 0.471. The fourth-order valence-electron chi connectivity index (χ4n) is 3.23. The van der Waals surface area contributed by atoms with Gasteiger partial charge in [-0.15, -0.1) is 24.8 Å². The summed E-state index contributed by atoms with van der Waals surface area (Å²) in [5.41, 5.74) is 7.71. The van der Waals surface area contributed by atoms with Crippen LogP contribution in [0.3, 0.4) is 0 Å².